The van der Waals surface area contributed by atoms with Crippen molar-refractivity contribution in [3.63, 3.8) is 0 Å². The van der Waals surface area contributed by atoms with Gasteiger partial charge in [-0.1, -0.05) is 17.7 Å². The average Bonchev–Trinajstić information content (AvgIpc) is 3.21. The molecule has 0 saturated carbocycles. The van der Waals surface area contributed by atoms with E-state index in [9.17, 15) is 31.3 Å². The largest absolute Gasteiger partial charge is 0.460 e. The summed E-state index contributed by atoms with van der Waals surface area (Å²) in [5, 5.41) is 1.23. The van der Waals surface area contributed by atoms with Gasteiger partial charge in [-0.15, -0.1) is 5.01 Å². The fourth-order valence-corrected chi connectivity index (χ4v) is 8.40. The highest BCUT2D eigenvalue weighted by atomic mass is 32.2. The van der Waals surface area contributed by atoms with Gasteiger partial charge < -0.3 is 4.90 Å². The van der Waals surface area contributed by atoms with Crippen molar-refractivity contribution in [3.8, 4) is 0 Å². The Kier molecular flexibility index (Phi) is 7.49. The maximum Gasteiger partial charge on any atom is 0.460 e. The van der Waals surface area contributed by atoms with Crippen LogP contribution in [0.25, 0.3) is 0 Å². The first-order valence-electron chi connectivity index (χ1n) is 13.6. The molecule has 1 aromatic carbocycles. The van der Waals surface area contributed by atoms with Gasteiger partial charge in [0.25, 0.3) is 0 Å². The Morgan fingerprint density at radius 3 is 2.13 bits per heavy atom. The van der Waals surface area contributed by atoms with Crippen LogP contribution in [-0.2, 0) is 14.8 Å². The number of rotatable bonds is 4. The van der Waals surface area contributed by atoms with Crippen LogP contribution in [0.1, 0.15) is 50.5 Å². The second-order valence-corrected chi connectivity index (χ2v) is 13.2. The number of benzene rings is 1. The van der Waals surface area contributed by atoms with Gasteiger partial charge in [-0.05, 0) is 75.8 Å². The summed E-state index contributed by atoms with van der Waals surface area (Å²) in [6, 6.07) is 3.60. The van der Waals surface area contributed by atoms with Gasteiger partial charge in [0.15, 0.2) is 0 Å². The average molecular weight is 558 g/mol. The molecule has 0 bridgehead atoms. The van der Waals surface area contributed by atoms with Crippen LogP contribution in [0.4, 0.5) is 13.2 Å². The number of hydrazine groups is 1. The van der Waals surface area contributed by atoms with E-state index in [-0.39, 0.29) is 28.1 Å². The Morgan fingerprint density at radius 1 is 0.921 bits per heavy atom. The minimum atomic E-state index is -4.81. The van der Waals surface area contributed by atoms with Crippen molar-refractivity contribution < 1.29 is 31.3 Å². The van der Waals surface area contributed by atoms with Crippen molar-refractivity contribution in [3.05, 3.63) is 34.7 Å². The van der Waals surface area contributed by atoms with Crippen molar-refractivity contribution in [1.82, 2.24) is 14.2 Å². The molecule has 1 aromatic rings. The van der Waals surface area contributed by atoms with Gasteiger partial charge in [0.2, 0.25) is 15.9 Å². The minimum Gasteiger partial charge on any atom is -0.342 e. The summed E-state index contributed by atoms with van der Waals surface area (Å²) < 4.78 is 70.0. The number of carbonyl (C=O) groups is 1. The zero-order valence-corrected chi connectivity index (χ0v) is 22.5. The predicted molar refractivity (Wildman–Crippen MR) is 133 cm³/mol. The van der Waals surface area contributed by atoms with Gasteiger partial charge in [0.05, 0.1) is 16.3 Å². The molecule has 4 aliphatic heterocycles. The van der Waals surface area contributed by atoms with Crippen molar-refractivity contribution in [2.75, 3.05) is 32.7 Å². The van der Waals surface area contributed by atoms with Gasteiger partial charge in [-0.2, -0.15) is 17.5 Å². The first-order valence-corrected chi connectivity index (χ1v) is 15.1. The maximum absolute atomic E-state index is 14.1. The van der Waals surface area contributed by atoms with Gasteiger partial charge in [0, 0.05) is 26.2 Å². The van der Waals surface area contributed by atoms with Crippen molar-refractivity contribution in [2.45, 2.75) is 75.0 Å². The Hall–Kier alpha value is -2.21. The number of alkyl halides is 3. The van der Waals surface area contributed by atoms with Crippen LogP contribution in [0.15, 0.2) is 29.2 Å². The van der Waals surface area contributed by atoms with Crippen molar-refractivity contribution in [2.24, 2.45) is 17.8 Å². The lowest BCUT2D eigenvalue weighted by Crippen LogP contribution is -2.51. The van der Waals surface area contributed by atoms with Crippen LogP contribution in [0.2, 0.25) is 0 Å². The van der Waals surface area contributed by atoms with E-state index in [1.54, 1.807) is 24.3 Å². The van der Waals surface area contributed by atoms with E-state index in [1.807, 2.05) is 6.92 Å². The molecule has 4 saturated heterocycles. The summed E-state index contributed by atoms with van der Waals surface area (Å²) in [5.41, 5.74) is 0.974. The molecule has 8 nitrogen and oxygen atoms in total. The summed E-state index contributed by atoms with van der Waals surface area (Å²) in [7, 11) is -3.61. The topological polar surface area (TPSA) is 81.0 Å². The quantitative estimate of drug-likeness (QED) is 0.527. The number of likely N-dealkylation sites (tertiary alicyclic amines) is 1. The molecule has 1 amide bonds. The fourth-order valence-electron chi connectivity index (χ4n) is 6.93. The molecular weight excluding hydrogens is 521 g/mol. The van der Waals surface area contributed by atoms with Crippen molar-refractivity contribution in [1.29, 1.82) is 0 Å². The molecule has 0 spiro atoms. The highest BCUT2D eigenvalue weighted by molar-refractivity contribution is 7.89. The molecule has 210 valence electrons. The molecule has 38 heavy (non-hydrogen) atoms. The van der Waals surface area contributed by atoms with Crippen molar-refractivity contribution >= 4 is 15.9 Å². The van der Waals surface area contributed by atoms with Crippen LogP contribution in [0, 0.1) is 29.6 Å². The lowest BCUT2D eigenvalue weighted by Gasteiger charge is -2.40. The second-order valence-electron chi connectivity index (χ2n) is 11.3. The Bertz CT molecular complexity index is 1150. The van der Waals surface area contributed by atoms with Crippen LogP contribution < -0.4 is 0 Å². The molecule has 4 fully saturated rings. The van der Waals surface area contributed by atoms with E-state index in [0.717, 1.165) is 24.8 Å². The van der Waals surface area contributed by atoms with Crippen LogP contribution in [-0.4, -0.2) is 84.4 Å². The van der Waals surface area contributed by atoms with Gasteiger partial charge >= 0.3 is 12.2 Å². The third kappa shape index (κ3) is 5.05. The molecule has 0 aliphatic carbocycles. The summed E-state index contributed by atoms with van der Waals surface area (Å²) in [6.07, 6.45) is -0.228. The number of hydrogen-bond donors (Lipinski definition) is 0. The molecular formula is C26H36F3N4O4S+. The van der Waals surface area contributed by atoms with Crippen LogP contribution >= 0.6 is 0 Å². The number of nitrogens with zero attached hydrogens (tertiary/aromatic N) is 4. The Labute approximate surface area is 221 Å². The smallest absolute Gasteiger partial charge is 0.342 e. The minimum absolute atomic E-state index is 0.0319. The Balaban J connectivity index is 1.29. The zero-order chi connectivity index (χ0) is 27.2. The number of halogens is 3. The van der Waals surface area contributed by atoms with E-state index >= 15 is 0 Å². The number of carbonyl (C=O) groups excluding carboxylic acids is 1. The highest BCUT2D eigenvalue weighted by Gasteiger charge is 2.71. The molecule has 0 radical (unpaired) electrons. The third-order valence-corrected chi connectivity index (χ3v) is 10.9. The standard InChI is InChI=1S/C26H36F3N4O4S/c1-18-5-7-21(8-6-18)38(36,37)31-14-9-19(10-15-31)20-11-16-32-22(17-20)23(24(33(32)35)26(27,28)29)25(34)30-12-3-2-4-13-30/h5-8,19-20,22-24H,2-4,9-17H2,1H3/q+1. The summed E-state index contributed by atoms with van der Waals surface area (Å²) in [4.78, 5) is 28.1. The van der Waals surface area contributed by atoms with Gasteiger partial charge in [-0.25, -0.2) is 8.42 Å². The van der Waals surface area contributed by atoms with Crippen LogP contribution in [0.5, 0.6) is 0 Å². The second kappa shape index (κ2) is 10.4. The fraction of sp³-hybridized carbons (Fsp3) is 0.731. The number of amides is 1. The lowest BCUT2D eigenvalue weighted by atomic mass is 9.74. The monoisotopic (exact) mass is 557 g/mol. The van der Waals surface area contributed by atoms with E-state index in [2.05, 4.69) is 0 Å². The molecule has 4 unspecified atom stereocenters. The summed E-state index contributed by atoms with van der Waals surface area (Å²) in [5.74, 6) is -1.81. The molecule has 4 atom stereocenters. The predicted octanol–water partition coefficient (Wildman–Crippen LogP) is 3.74. The number of hydrogen-bond acceptors (Lipinski definition) is 4. The number of piperidine rings is 3. The number of nitroso groups, excluding NO2 is 1. The van der Waals surface area contributed by atoms with E-state index in [4.69, 9.17) is 0 Å². The summed E-state index contributed by atoms with van der Waals surface area (Å²) >= 11 is 0. The molecule has 5 rings (SSSR count). The molecule has 0 aromatic heterocycles. The number of aryl methyl sites for hydroxylation is 1. The third-order valence-electron chi connectivity index (χ3n) is 9.01. The lowest BCUT2D eigenvalue weighted by molar-refractivity contribution is -0.735. The normalized spacial score (nSPS) is 29.9. The molecule has 4 heterocycles. The SMILES string of the molecule is Cc1ccc(S(=O)(=O)N2CCC(C3CCN4C(C3)C(C(=O)N3CCCCC3)C(C(F)(F)F)[N+]4=O)CC2)cc1. The van der Waals surface area contributed by atoms with Gasteiger partial charge in [0.1, 0.15) is 16.8 Å². The number of sulfonamides is 1. The summed E-state index contributed by atoms with van der Waals surface area (Å²) in [6.45, 7) is 3.63. The van der Waals surface area contributed by atoms with E-state index in [1.165, 1.54) is 14.2 Å². The first kappa shape index (κ1) is 27.4. The Morgan fingerprint density at radius 2 is 1.53 bits per heavy atom. The first-order chi connectivity index (χ1) is 18.0. The molecule has 0 N–H and O–H groups in total. The highest BCUT2D eigenvalue weighted by Crippen LogP contribution is 2.46. The van der Waals surface area contributed by atoms with Gasteiger partial charge in [-0.3, -0.25) is 4.79 Å². The van der Waals surface area contributed by atoms with E-state index < -0.39 is 40.1 Å². The molecule has 4 aliphatic rings. The number of fused-ring (bicyclic) bond motifs is 1. The zero-order valence-electron chi connectivity index (χ0n) is 21.6. The maximum atomic E-state index is 14.1. The molecule has 12 heteroatoms. The van der Waals surface area contributed by atoms with Crippen LogP contribution in [0.3, 0.4) is 0 Å². The van der Waals surface area contributed by atoms with E-state index in [0.29, 0.717) is 51.9 Å².